The molecular formula is C9H10O4. The largest absolute Gasteiger partial charge is 0.475 e. The van der Waals surface area contributed by atoms with Crippen LogP contribution in [0.5, 0.6) is 0 Å². The molecule has 0 aromatic rings. The van der Waals surface area contributed by atoms with Gasteiger partial charge >= 0.3 is 5.97 Å². The van der Waals surface area contributed by atoms with E-state index in [1.807, 2.05) is 0 Å². The van der Waals surface area contributed by atoms with Gasteiger partial charge in [-0.15, -0.1) is 0 Å². The first kappa shape index (κ1) is 9.67. The van der Waals surface area contributed by atoms with Gasteiger partial charge in [-0.25, -0.2) is 4.79 Å². The van der Waals surface area contributed by atoms with Crippen LogP contribution < -0.4 is 0 Å². The highest BCUT2D eigenvalue weighted by atomic mass is 16.4. The van der Waals surface area contributed by atoms with Gasteiger partial charge in [-0.1, -0.05) is 12.2 Å². The van der Waals surface area contributed by atoms with Crippen molar-refractivity contribution in [1.29, 1.82) is 0 Å². The van der Waals surface area contributed by atoms with Crippen LogP contribution in [0.15, 0.2) is 23.8 Å². The third kappa shape index (κ3) is 2.83. The Labute approximate surface area is 75.2 Å². The van der Waals surface area contributed by atoms with Gasteiger partial charge < -0.3 is 10.2 Å². The first-order chi connectivity index (χ1) is 6.09. The van der Waals surface area contributed by atoms with Gasteiger partial charge in [-0.3, -0.25) is 4.79 Å². The number of carboxylic acids is 1. The number of ketones is 1. The van der Waals surface area contributed by atoms with Gasteiger partial charge in [0, 0.05) is 0 Å². The zero-order valence-corrected chi connectivity index (χ0v) is 6.93. The quantitative estimate of drug-likeness (QED) is 0.475. The smallest absolute Gasteiger partial charge is 0.376 e. The van der Waals surface area contributed by atoms with Crippen molar-refractivity contribution in [1.82, 2.24) is 0 Å². The third-order valence-corrected chi connectivity index (χ3v) is 1.79. The normalized spacial score (nSPS) is 24.7. The summed E-state index contributed by atoms with van der Waals surface area (Å²) < 4.78 is 0. The molecule has 0 amide bonds. The molecule has 0 aliphatic heterocycles. The fraction of sp³-hybridized carbons (Fsp3) is 0.333. The molecule has 4 heteroatoms. The number of carbonyl (C=O) groups is 2. The van der Waals surface area contributed by atoms with E-state index in [9.17, 15) is 9.59 Å². The summed E-state index contributed by atoms with van der Waals surface area (Å²) in [7, 11) is 0. The standard InChI is InChI=1S/C9H10O4/c10-7-3-1-6(2-4-7)5-8(11)9(12)13/h1,3,5,7,10H,2,4H2,(H,12,13)/t7-/m0/s1. The van der Waals surface area contributed by atoms with Crippen LogP contribution >= 0.6 is 0 Å². The molecule has 1 aliphatic carbocycles. The fourth-order valence-electron chi connectivity index (χ4n) is 1.08. The monoisotopic (exact) mass is 182 g/mol. The highest BCUT2D eigenvalue weighted by molar-refractivity contribution is 6.37. The average Bonchev–Trinajstić information content (AvgIpc) is 2.08. The molecule has 70 valence electrons. The van der Waals surface area contributed by atoms with Crippen molar-refractivity contribution >= 4 is 11.8 Å². The molecule has 0 radical (unpaired) electrons. The lowest BCUT2D eigenvalue weighted by Gasteiger charge is -2.11. The molecule has 0 spiro atoms. The molecule has 0 saturated heterocycles. The van der Waals surface area contributed by atoms with Crippen molar-refractivity contribution in [3.05, 3.63) is 23.8 Å². The lowest BCUT2D eigenvalue weighted by molar-refractivity contribution is -0.146. The van der Waals surface area contributed by atoms with Gasteiger partial charge in [0.25, 0.3) is 5.78 Å². The maximum Gasteiger partial charge on any atom is 0.376 e. The molecule has 0 heterocycles. The van der Waals surface area contributed by atoms with E-state index in [2.05, 4.69) is 0 Å². The summed E-state index contributed by atoms with van der Waals surface area (Å²) in [5.74, 6) is -2.37. The van der Waals surface area contributed by atoms with E-state index < -0.39 is 17.9 Å². The van der Waals surface area contributed by atoms with Crippen molar-refractivity contribution in [2.24, 2.45) is 0 Å². The van der Waals surface area contributed by atoms with Crippen LogP contribution in [0, 0.1) is 0 Å². The van der Waals surface area contributed by atoms with Crippen LogP contribution in [0.25, 0.3) is 0 Å². The Morgan fingerprint density at radius 1 is 1.54 bits per heavy atom. The number of allylic oxidation sites excluding steroid dienone is 2. The zero-order valence-electron chi connectivity index (χ0n) is 6.93. The molecule has 0 aromatic carbocycles. The lowest BCUT2D eigenvalue weighted by atomic mass is 9.99. The number of aliphatic hydroxyl groups excluding tert-OH is 1. The van der Waals surface area contributed by atoms with Crippen LogP contribution in [0.4, 0.5) is 0 Å². The maximum absolute atomic E-state index is 10.7. The molecule has 0 saturated carbocycles. The molecule has 0 aromatic heterocycles. The van der Waals surface area contributed by atoms with E-state index in [1.54, 1.807) is 12.2 Å². The number of hydrogen-bond acceptors (Lipinski definition) is 3. The number of rotatable bonds is 2. The molecule has 0 bridgehead atoms. The van der Waals surface area contributed by atoms with Gasteiger partial charge in [0.15, 0.2) is 0 Å². The minimum Gasteiger partial charge on any atom is -0.475 e. The second kappa shape index (κ2) is 4.00. The summed E-state index contributed by atoms with van der Waals surface area (Å²) >= 11 is 0. The van der Waals surface area contributed by atoms with Gasteiger partial charge in [0.2, 0.25) is 0 Å². The van der Waals surface area contributed by atoms with E-state index in [1.165, 1.54) is 0 Å². The van der Waals surface area contributed by atoms with Crippen molar-refractivity contribution < 1.29 is 19.8 Å². The molecule has 1 rings (SSSR count). The highest BCUT2D eigenvalue weighted by Gasteiger charge is 2.12. The average molecular weight is 182 g/mol. The summed E-state index contributed by atoms with van der Waals surface area (Å²) in [6, 6.07) is 0. The van der Waals surface area contributed by atoms with E-state index in [4.69, 9.17) is 10.2 Å². The number of aliphatic hydroxyl groups is 1. The van der Waals surface area contributed by atoms with Crippen molar-refractivity contribution in [2.75, 3.05) is 0 Å². The van der Waals surface area contributed by atoms with E-state index >= 15 is 0 Å². The summed E-state index contributed by atoms with van der Waals surface area (Å²) in [6.45, 7) is 0. The van der Waals surface area contributed by atoms with Crippen molar-refractivity contribution in [2.45, 2.75) is 18.9 Å². The topological polar surface area (TPSA) is 74.6 Å². The predicted molar refractivity (Wildman–Crippen MR) is 45.1 cm³/mol. The Balaban J connectivity index is 2.68. The molecule has 0 fully saturated rings. The predicted octanol–water partition coefficient (Wildman–Crippen LogP) is 0.277. The van der Waals surface area contributed by atoms with Crippen LogP contribution in [0.1, 0.15) is 12.8 Å². The Bertz CT molecular complexity index is 288. The number of carboxylic acid groups (broad SMARTS) is 1. The summed E-state index contributed by atoms with van der Waals surface area (Å²) in [5, 5.41) is 17.4. The first-order valence-corrected chi connectivity index (χ1v) is 3.93. The second-order valence-electron chi connectivity index (χ2n) is 2.85. The molecule has 2 N–H and O–H groups in total. The maximum atomic E-state index is 10.7. The Morgan fingerprint density at radius 3 is 2.69 bits per heavy atom. The van der Waals surface area contributed by atoms with E-state index in [0.29, 0.717) is 18.4 Å². The number of carbonyl (C=O) groups excluding carboxylic acids is 1. The van der Waals surface area contributed by atoms with Crippen molar-refractivity contribution in [3.63, 3.8) is 0 Å². The van der Waals surface area contributed by atoms with Gasteiger partial charge in [-0.2, -0.15) is 0 Å². The van der Waals surface area contributed by atoms with Gasteiger partial charge in [0.05, 0.1) is 6.10 Å². The highest BCUT2D eigenvalue weighted by Crippen LogP contribution is 2.16. The molecular weight excluding hydrogens is 172 g/mol. The zero-order chi connectivity index (χ0) is 9.84. The first-order valence-electron chi connectivity index (χ1n) is 3.93. The van der Waals surface area contributed by atoms with Crippen LogP contribution in [0.2, 0.25) is 0 Å². The van der Waals surface area contributed by atoms with Gasteiger partial charge in [-0.05, 0) is 24.5 Å². The third-order valence-electron chi connectivity index (χ3n) is 1.79. The molecule has 4 nitrogen and oxygen atoms in total. The van der Waals surface area contributed by atoms with E-state index in [-0.39, 0.29) is 0 Å². The fourth-order valence-corrected chi connectivity index (χ4v) is 1.08. The number of aliphatic carboxylic acids is 1. The molecule has 0 unspecified atom stereocenters. The van der Waals surface area contributed by atoms with Gasteiger partial charge in [0.1, 0.15) is 0 Å². The Hall–Kier alpha value is -1.42. The lowest BCUT2D eigenvalue weighted by Crippen LogP contribution is -2.12. The molecule has 1 aliphatic rings. The Morgan fingerprint density at radius 2 is 2.23 bits per heavy atom. The van der Waals surface area contributed by atoms with E-state index in [0.717, 1.165) is 6.08 Å². The number of hydrogen-bond donors (Lipinski definition) is 2. The summed E-state index contributed by atoms with van der Waals surface area (Å²) in [5.41, 5.74) is 0.651. The Kier molecular flexibility index (Phi) is 2.97. The SMILES string of the molecule is O=C(O)C(=O)C=C1C=C[C@H](O)CC1. The van der Waals surface area contributed by atoms with Crippen LogP contribution in [-0.4, -0.2) is 28.1 Å². The molecule has 13 heavy (non-hydrogen) atoms. The second-order valence-corrected chi connectivity index (χ2v) is 2.85. The molecule has 1 atom stereocenters. The minimum atomic E-state index is -1.45. The minimum absolute atomic E-state index is 0.475. The van der Waals surface area contributed by atoms with Crippen molar-refractivity contribution in [3.8, 4) is 0 Å². The summed E-state index contributed by atoms with van der Waals surface area (Å²) in [4.78, 5) is 20.9. The summed E-state index contributed by atoms with van der Waals surface area (Å²) in [6.07, 6.45) is 4.81. The van der Waals surface area contributed by atoms with Crippen LogP contribution in [0.3, 0.4) is 0 Å². The van der Waals surface area contributed by atoms with Crippen LogP contribution in [-0.2, 0) is 9.59 Å².